The number of nitrogens with one attached hydrogen (secondary N) is 1. The molecule has 2 aliphatic heterocycles. The highest BCUT2D eigenvalue weighted by Gasteiger charge is 2.29. The zero-order valence-corrected chi connectivity index (χ0v) is 19.8. The lowest BCUT2D eigenvalue weighted by Crippen LogP contribution is -2.41. The van der Waals surface area contributed by atoms with Crippen molar-refractivity contribution in [1.29, 1.82) is 0 Å². The summed E-state index contributed by atoms with van der Waals surface area (Å²) in [5.74, 6) is 0.0119. The number of halogens is 1. The zero-order valence-electron chi connectivity index (χ0n) is 19.1. The van der Waals surface area contributed by atoms with E-state index >= 15 is 0 Å². The molecule has 33 heavy (non-hydrogen) atoms. The number of nitrogens with zero attached hydrogens (tertiary/aromatic N) is 3. The summed E-state index contributed by atoms with van der Waals surface area (Å²) in [6.07, 6.45) is 1.53. The molecular formula is C25H31ClN4O3. The molecule has 2 aliphatic rings. The minimum absolute atomic E-state index is 0.0441. The summed E-state index contributed by atoms with van der Waals surface area (Å²) >= 11 is 6.22. The van der Waals surface area contributed by atoms with Crippen molar-refractivity contribution >= 4 is 23.4 Å². The highest BCUT2D eigenvalue weighted by atomic mass is 35.5. The summed E-state index contributed by atoms with van der Waals surface area (Å²) in [5, 5.41) is 3.53. The van der Waals surface area contributed by atoms with Gasteiger partial charge in [-0.2, -0.15) is 0 Å². The normalized spacial score (nSPS) is 17.7. The van der Waals surface area contributed by atoms with Gasteiger partial charge in [-0.25, -0.2) is 0 Å². The second-order valence-corrected chi connectivity index (χ2v) is 9.05. The molecule has 3 heterocycles. The second kappa shape index (κ2) is 11.1. The quantitative estimate of drug-likeness (QED) is 0.702. The van der Waals surface area contributed by atoms with Crippen LogP contribution in [0.15, 0.2) is 36.4 Å². The van der Waals surface area contributed by atoms with Gasteiger partial charge >= 0.3 is 0 Å². The fourth-order valence-electron chi connectivity index (χ4n) is 4.49. The number of rotatable bonds is 6. The molecule has 0 unspecified atom stereocenters. The SMILES string of the molecule is Cc1ccc(C(=O)NCCN2CCOCC2)c(C2CCN(C(=O)c3ccccc3Cl)CC2)n1. The van der Waals surface area contributed by atoms with Crippen molar-refractivity contribution in [2.24, 2.45) is 0 Å². The van der Waals surface area contributed by atoms with Crippen LogP contribution in [0.1, 0.15) is 50.9 Å². The fraction of sp³-hybridized carbons (Fsp3) is 0.480. The van der Waals surface area contributed by atoms with Crippen LogP contribution in [0.25, 0.3) is 0 Å². The Morgan fingerprint density at radius 3 is 2.52 bits per heavy atom. The molecule has 8 heteroatoms. The average Bonchev–Trinajstić information content (AvgIpc) is 2.84. The molecule has 0 saturated carbocycles. The van der Waals surface area contributed by atoms with Crippen molar-refractivity contribution in [3.8, 4) is 0 Å². The molecule has 2 aromatic rings. The summed E-state index contributed by atoms with van der Waals surface area (Å²) in [4.78, 5) is 34.8. The molecule has 4 rings (SSSR count). The van der Waals surface area contributed by atoms with E-state index in [0.29, 0.717) is 35.8 Å². The van der Waals surface area contributed by atoms with E-state index in [1.165, 1.54) is 0 Å². The Kier molecular flexibility index (Phi) is 7.96. The molecule has 1 aromatic carbocycles. The van der Waals surface area contributed by atoms with Crippen LogP contribution in [0, 0.1) is 6.92 Å². The van der Waals surface area contributed by atoms with Crippen molar-refractivity contribution < 1.29 is 14.3 Å². The molecule has 0 radical (unpaired) electrons. The largest absolute Gasteiger partial charge is 0.379 e. The van der Waals surface area contributed by atoms with E-state index in [9.17, 15) is 9.59 Å². The molecule has 2 fully saturated rings. The molecule has 7 nitrogen and oxygen atoms in total. The number of morpholine rings is 1. The number of likely N-dealkylation sites (tertiary alicyclic amines) is 1. The van der Waals surface area contributed by atoms with Crippen LogP contribution >= 0.6 is 11.6 Å². The van der Waals surface area contributed by atoms with Gasteiger partial charge in [0.15, 0.2) is 0 Å². The predicted molar refractivity (Wildman–Crippen MR) is 128 cm³/mol. The average molecular weight is 471 g/mol. The third-order valence-electron chi connectivity index (χ3n) is 6.40. The van der Waals surface area contributed by atoms with Gasteiger partial charge < -0.3 is 15.0 Å². The third-order valence-corrected chi connectivity index (χ3v) is 6.73. The van der Waals surface area contributed by atoms with E-state index in [0.717, 1.165) is 57.1 Å². The van der Waals surface area contributed by atoms with Crippen LogP contribution in [-0.4, -0.2) is 79.1 Å². The third kappa shape index (κ3) is 5.91. The van der Waals surface area contributed by atoms with E-state index in [4.69, 9.17) is 21.3 Å². The van der Waals surface area contributed by atoms with Crippen LogP contribution in [0.4, 0.5) is 0 Å². The molecule has 0 atom stereocenters. The van der Waals surface area contributed by atoms with Gasteiger partial charge in [-0.05, 0) is 44.0 Å². The number of amides is 2. The van der Waals surface area contributed by atoms with Gasteiger partial charge in [0, 0.05) is 50.9 Å². The van der Waals surface area contributed by atoms with Crippen LogP contribution in [0.5, 0.6) is 0 Å². The first-order chi connectivity index (χ1) is 16.0. The molecule has 0 aliphatic carbocycles. The Balaban J connectivity index is 1.38. The van der Waals surface area contributed by atoms with E-state index < -0.39 is 0 Å². The van der Waals surface area contributed by atoms with Crippen molar-refractivity contribution in [1.82, 2.24) is 20.1 Å². The highest BCUT2D eigenvalue weighted by Crippen LogP contribution is 2.30. The Morgan fingerprint density at radius 2 is 1.79 bits per heavy atom. The minimum atomic E-state index is -0.0830. The zero-order chi connectivity index (χ0) is 23.2. The van der Waals surface area contributed by atoms with Gasteiger partial charge in [0.2, 0.25) is 0 Å². The van der Waals surface area contributed by atoms with E-state index in [-0.39, 0.29) is 17.7 Å². The summed E-state index contributed by atoms with van der Waals surface area (Å²) < 4.78 is 5.38. The molecule has 0 bridgehead atoms. The standard InChI is InChI=1S/C25H31ClN4O3/c1-18-6-7-21(24(31)27-10-13-29-14-16-33-17-15-29)23(28-18)19-8-11-30(12-9-19)25(32)20-4-2-3-5-22(20)26/h2-7,19H,8-17H2,1H3,(H,27,31). The molecule has 176 valence electrons. The number of carbonyl (C=O) groups is 2. The van der Waals surface area contributed by atoms with Crippen molar-refractivity contribution in [3.63, 3.8) is 0 Å². The molecule has 2 saturated heterocycles. The number of hydrogen-bond donors (Lipinski definition) is 1. The van der Waals surface area contributed by atoms with Crippen LogP contribution in [0.2, 0.25) is 5.02 Å². The van der Waals surface area contributed by atoms with Crippen LogP contribution in [0.3, 0.4) is 0 Å². The van der Waals surface area contributed by atoms with E-state index in [1.54, 1.807) is 12.1 Å². The van der Waals surface area contributed by atoms with Crippen molar-refractivity contribution in [2.45, 2.75) is 25.7 Å². The van der Waals surface area contributed by atoms with Gasteiger partial charge in [0.25, 0.3) is 11.8 Å². The minimum Gasteiger partial charge on any atom is -0.379 e. The summed E-state index contributed by atoms with van der Waals surface area (Å²) in [6, 6.07) is 10.9. The second-order valence-electron chi connectivity index (χ2n) is 8.64. The van der Waals surface area contributed by atoms with Crippen molar-refractivity contribution in [3.05, 3.63) is 63.9 Å². The Bertz CT molecular complexity index is 985. The van der Waals surface area contributed by atoms with E-state index in [2.05, 4.69) is 10.2 Å². The van der Waals surface area contributed by atoms with Gasteiger partial charge in [-0.3, -0.25) is 19.5 Å². The highest BCUT2D eigenvalue weighted by molar-refractivity contribution is 6.33. The summed E-state index contributed by atoms with van der Waals surface area (Å²) in [6.45, 7) is 7.88. The lowest BCUT2D eigenvalue weighted by Gasteiger charge is -2.32. The Hall–Kier alpha value is -2.48. The fourth-order valence-corrected chi connectivity index (χ4v) is 4.71. The molecule has 1 N–H and O–H groups in total. The smallest absolute Gasteiger partial charge is 0.255 e. The molecule has 1 aromatic heterocycles. The number of aromatic nitrogens is 1. The number of carbonyl (C=O) groups excluding carboxylic acids is 2. The van der Waals surface area contributed by atoms with Crippen LogP contribution in [-0.2, 0) is 4.74 Å². The molecular weight excluding hydrogens is 440 g/mol. The summed E-state index contributed by atoms with van der Waals surface area (Å²) in [7, 11) is 0. The Morgan fingerprint density at radius 1 is 1.06 bits per heavy atom. The number of benzene rings is 1. The molecule has 2 amide bonds. The number of pyridine rings is 1. The lowest BCUT2D eigenvalue weighted by molar-refractivity contribution is 0.0383. The lowest BCUT2D eigenvalue weighted by atomic mass is 9.89. The monoisotopic (exact) mass is 470 g/mol. The van der Waals surface area contributed by atoms with Crippen LogP contribution < -0.4 is 5.32 Å². The predicted octanol–water partition coefficient (Wildman–Crippen LogP) is 3.13. The topological polar surface area (TPSA) is 74.8 Å². The maximum atomic E-state index is 13.0. The maximum Gasteiger partial charge on any atom is 0.255 e. The summed E-state index contributed by atoms with van der Waals surface area (Å²) in [5.41, 5.74) is 2.90. The maximum absolute atomic E-state index is 13.0. The first-order valence-electron chi connectivity index (χ1n) is 11.6. The first-order valence-corrected chi connectivity index (χ1v) is 12.0. The molecule has 0 spiro atoms. The van der Waals surface area contributed by atoms with Gasteiger partial charge in [-0.15, -0.1) is 0 Å². The van der Waals surface area contributed by atoms with Gasteiger partial charge in [-0.1, -0.05) is 23.7 Å². The number of piperidine rings is 1. The van der Waals surface area contributed by atoms with Gasteiger partial charge in [0.1, 0.15) is 0 Å². The van der Waals surface area contributed by atoms with E-state index in [1.807, 2.05) is 36.1 Å². The Labute approximate surface area is 200 Å². The number of ether oxygens (including phenoxy) is 1. The van der Waals surface area contributed by atoms with Crippen molar-refractivity contribution in [2.75, 3.05) is 52.5 Å². The number of hydrogen-bond acceptors (Lipinski definition) is 5. The van der Waals surface area contributed by atoms with Gasteiger partial charge in [0.05, 0.1) is 35.1 Å². The first kappa shape index (κ1) is 23.7. The number of aryl methyl sites for hydroxylation is 1.